The van der Waals surface area contributed by atoms with Gasteiger partial charge in [-0.3, -0.25) is 0 Å². The predicted octanol–water partition coefficient (Wildman–Crippen LogP) is 14.1. The quantitative estimate of drug-likeness (QED) is 0.145. The van der Waals surface area contributed by atoms with E-state index >= 15 is 0 Å². The Bertz CT molecular complexity index is 3190. The van der Waals surface area contributed by atoms with E-state index in [9.17, 15) is 5.26 Å². The molecule has 0 fully saturated rings. The van der Waals surface area contributed by atoms with E-state index in [0.29, 0.717) is 17.2 Å². The first-order valence-electron chi connectivity index (χ1n) is 20.5. The third-order valence-corrected chi connectivity index (χ3v) is 10.9. The number of hydrogen-bond donors (Lipinski definition) is 0. The zero-order chi connectivity index (χ0) is 41.7. The second-order valence-corrected chi connectivity index (χ2v) is 15.0. The SMILES string of the molecule is N#Cc1cccc(-c2cccc(-c3cc(-c4ccccc4)nc(-c4ccccc4-c4cccc(-c5cccc(-c6nc(-c7ccccc7)cc(-c7ccccc7)n6)c5)c4)n3)c2)c1. The van der Waals surface area contributed by atoms with Crippen LogP contribution in [-0.4, -0.2) is 19.9 Å². The van der Waals surface area contributed by atoms with Gasteiger partial charge >= 0.3 is 0 Å². The molecule has 0 aliphatic rings. The fourth-order valence-electron chi connectivity index (χ4n) is 7.82. The molecule has 8 aromatic carbocycles. The summed E-state index contributed by atoms with van der Waals surface area (Å²) in [7, 11) is 0. The number of hydrogen-bond acceptors (Lipinski definition) is 5. The summed E-state index contributed by atoms with van der Waals surface area (Å²) in [6.45, 7) is 0. The van der Waals surface area contributed by atoms with Crippen LogP contribution < -0.4 is 0 Å². The van der Waals surface area contributed by atoms with Gasteiger partial charge in [0.1, 0.15) is 0 Å². The van der Waals surface area contributed by atoms with E-state index < -0.39 is 0 Å². The van der Waals surface area contributed by atoms with E-state index in [0.717, 1.165) is 89.5 Å². The highest BCUT2D eigenvalue weighted by Crippen LogP contribution is 2.37. The predicted molar refractivity (Wildman–Crippen MR) is 251 cm³/mol. The molecule has 0 radical (unpaired) electrons. The molecule has 10 rings (SSSR count). The van der Waals surface area contributed by atoms with Crippen LogP contribution in [0.5, 0.6) is 0 Å². The standard InChI is InChI=1S/C57H37N5/c58-38-39-16-12-23-43(32-39)45-25-14-28-48(34-45)55-37-54(42-21-8-3-9-22-42)61-57(62-55)51-31-11-10-30-50(51)47-27-13-24-44(33-47)46-26-15-29-49(35-46)56-59-52(40-17-4-1-5-18-40)36-53(60-56)41-19-6-2-7-20-41/h1-37H. The lowest BCUT2D eigenvalue weighted by molar-refractivity contribution is 1.18. The molecular weight excluding hydrogens is 755 g/mol. The molecule has 0 aliphatic carbocycles. The molecule has 0 N–H and O–H groups in total. The summed E-state index contributed by atoms with van der Waals surface area (Å²) in [6, 6.07) is 78.6. The van der Waals surface area contributed by atoms with Gasteiger partial charge in [0.15, 0.2) is 11.6 Å². The van der Waals surface area contributed by atoms with E-state index in [2.05, 4.69) is 140 Å². The molecule has 5 nitrogen and oxygen atoms in total. The fraction of sp³-hybridized carbons (Fsp3) is 0. The first-order chi connectivity index (χ1) is 30.6. The smallest absolute Gasteiger partial charge is 0.161 e. The van der Waals surface area contributed by atoms with Crippen molar-refractivity contribution in [1.82, 2.24) is 19.9 Å². The zero-order valence-corrected chi connectivity index (χ0v) is 33.6. The molecule has 2 aromatic heterocycles. The average molecular weight is 792 g/mol. The molecule has 5 heteroatoms. The van der Waals surface area contributed by atoms with Gasteiger partial charge in [-0.2, -0.15) is 5.26 Å². The van der Waals surface area contributed by atoms with Crippen LogP contribution in [-0.2, 0) is 0 Å². The summed E-state index contributed by atoms with van der Waals surface area (Å²) in [4.78, 5) is 20.7. The van der Waals surface area contributed by atoms with Crippen molar-refractivity contribution >= 4 is 0 Å². The topological polar surface area (TPSA) is 75.3 Å². The number of benzene rings is 8. The second-order valence-electron chi connectivity index (χ2n) is 15.0. The van der Waals surface area contributed by atoms with Crippen LogP contribution in [0.25, 0.3) is 101 Å². The van der Waals surface area contributed by atoms with Crippen molar-refractivity contribution in [2.75, 3.05) is 0 Å². The first-order valence-corrected chi connectivity index (χ1v) is 20.5. The number of nitriles is 1. The first kappa shape index (κ1) is 37.7. The third-order valence-electron chi connectivity index (χ3n) is 10.9. The maximum Gasteiger partial charge on any atom is 0.161 e. The minimum absolute atomic E-state index is 0.622. The van der Waals surface area contributed by atoms with Crippen LogP contribution in [0.3, 0.4) is 0 Å². The van der Waals surface area contributed by atoms with Gasteiger partial charge in [-0.1, -0.05) is 182 Å². The lowest BCUT2D eigenvalue weighted by atomic mass is 9.94. The van der Waals surface area contributed by atoms with Gasteiger partial charge in [0.05, 0.1) is 34.4 Å². The maximum atomic E-state index is 9.56. The minimum Gasteiger partial charge on any atom is -0.228 e. The van der Waals surface area contributed by atoms with Gasteiger partial charge in [-0.05, 0) is 75.8 Å². The van der Waals surface area contributed by atoms with Crippen LogP contribution in [0, 0.1) is 11.3 Å². The van der Waals surface area contributed by atoms with Crippen LogP contribution in [0.4, 0.5) is 0 Å². The minimum atomic E-state index is 0.622. The Kier molecular flexibility index (Phi) is 10.3. The largest absolute Gasteiger partial charge is 0.228 e. The van der Waals surface area contributed by atoms with Crippen LogP contribution in [0.1, 0.15) is 5.56 Å². The summed E-state index contributed by atoms with van der Waals surface area (Å²) < 4.78 is 0. The summed E-state index contributed by atoms with van der Waals surface area (Å²) in [6.07, 6.45) is 0. The molecule has 0 unspecified atom stereocenters. The molecule has 0 spiro atoms. The van der Waals surface area contributed by atoms with Gasteiger partial charge < -0.3 is 0 Å². The Morgan fingerprint density at radius 1 is 0.258 bits per heavy atom. The average Bonchev–Trinajstić information content (AvgIpc) is 3.37. The zero-order valence-electron chi connectivity index (χ0n) is 33.6. The second kappa shape index (κ2) is 16.9. The fourth-order valence-corrected chi connectivity index (χ4v) is 7.82. The molecule has 62 heavy (non-hydrogen) atoms. The molecule has 10 aromatic rings. The lowest BCUT2D eigenvalue weighted by Gasteiger charge is -2.14. The van der Waals surface area contributed by atoms with Crippen LogP contribution in [0.2, 0.25) is 0 Å². The molecule has 0 saturated carbocycles. The van der Waals surface area contributed by atoms with E-state index in [1.54, 1.807) is 0 Å². The van der Waals surface area contributed by atoms with Gasteiger partial charge in [0, 0.05) is 33.4 Å². The van der Waals surface area contributed by atoms with Crippen molar-refractivity contribution in [3.63, 3.8) is 0 Å². The number of aromatic nitrogens is 4. The highest BCUT2D eigenvalue weighted by molar-refractivity contribution is 5.85. The van der Waals surface area contributed by atoms with Gasteiger partial charge in [-0.25, -0.2) is 19.9 Å². The van der Waals surface area contributed by atoms with Crippen LogP contribution in [0.15, 0.2) is 224 Å². The summed E-state index contributed by atoms with van der Waals surface area (Å²) in [5, 5.41) is 9.56. The van der Waals surface area contributed by atoms with Crippen molar-refractivity contribution in [3.05, 3.63) is 230 Å². The van der Waals surface area contributed by atoms with Gasteiger partial charge in [0.25, 0.3) is 0 Å². The molecule has 2 heterocycles. The van der Waals surface area contributed by atoms with Crippen molar-refractivity contribution < 1.29 is 0 Å². The van der Waals surface area contributed by atoms with E-state index in [-0.39, 0.29) is 0 Å². The Morgan fingerprint density at radius 2 is 0.613 bits per heavy atom. The van der Waals surface area contributed by atoms with Crippen molar-refractivity contribution in [3.8, 4) is 107 Å². The van der Waals surface area contributed by atoms with Crippen molar-refractivity contribution in [2.45, 2.75) is 0 Å². The normalized spacial score (nSPS) is 10.9. The molecule has 0 saturated heterocycles. The molecule has 0 amide bonds. The molecule has 290 valence electrons. The van der Waals surface area contributed by atoms with Crippen LogP contribution >= 0.6 is 0 Å². The molecule has 0 bridgehead atoms. The van der Waals surface area contributed by atoms with Crippen molar-refractivity contribution in [1.29, 1.82) is 5.26 Å². The lowest BCUT2D eigenvalue weighted by Crippen LogP contribution is -1.97. The Balaban J connectivity index is 1.05. The van der Waals surface area contributed by atoms with E-state index in [4.69, 9.17) is 19.9 Å². The Morgan fingerprint density at radius 3 is 1.15 bits per heavy atom. The molecule has 0 atom stereocenters. The Labute approximate surface area is 361 Å². The third kappa shape index (κ3) is 7.92. The molecular formula is C57H37N5. The van der Waals surface area contributed by atoms with Gasteiger partial charge in [-0.15, -0.1) is 0 Å². The number of nitrogens with zero attached hydrogens (tertiary/aromatic N) is 5. The summed E-state index contributed by atoms with van der Waals surface area (Å²) in [5.41, 5.74) is 16.1. The molecule has 0 aliphatic heterocycles. The Hall–Kier alpha value is -8.59. The monoisotopic (exact) mass is 791 g/mol. The summed E-state index contributed by atoms with van der Waals surface area (Å²) >= 11 is 0. The number of rotatable bonds is 9. The van der Waals surface area contributed by atoms with E-state index in [1.807, 2.05) is 91.0 Å². The van der Waals surface area contributed by atoms with E-state index in [1.165, 1.54) is 0 Å². The maximum absolute atomic E-state index is 9.56. The highest BCUT2D eigenvalue weighted by Gasteiger charge is 2.17. The highest BCUT2D eigenvalue weighted by atomic mass is 14.9. The van der Waals surface area contributed by atoms with Gasteiger partial charge in [0.2, 0.25) is 0 Å². The summed E-state index contributed by atoms with van der Waals surface area (Å²) in [5.74, 6) is 1.30. The van der Waals surface area contributed by atoms with Crippen molar-refractivity contribution in [2.24, 2.45) is 0 Å².